The fraction of sp³-hybridized carbons (Fsp3) is 0.632. The number of hydrogen-bond acceptors (Lipinski definition) is 4. The van der Waals surface area contributed by atoms with Crippen LogP contribution >= 0.6 is 0 Å². The lowest BCUT2D eigenvalue weighted by Crippen LogP contribution is -2.30. The summed E-state index contributed by atoms with van der Waals surface area (Å²) in [5, 5.41) is 0. The molecule has 26 heavy (non-hydrogen) atoms. The number of hydrogen-bond donors (Lipinski definition) is 1. The Hall–Kier alpha value is -1.60. The number of ether oxygens (including phenoxy) is 1. The van der Waals surface area contributed by atoms with Crippen molar-refractivity contribution in [2.45, 2.75) is 57.3 Å². The number of carbonyl (C=O) groups is 1. The molecule has 0 bridgehead atoms. The fourth-order valence-electron chi connectivity index (χ4n) is 3.20. The van der Waals surface area contributed by atoms with E-state index in [1.165, 1.54) is 19.2 Å². The van der Waals surface area contributed by atoms with Gasteiger partial charge in [0.2, 0.25) is 15.9 Å². The highest BCUT2D eigenvalue weighted by atomic mass is 32.2. The molecular weight excluding hydrogens is 352 g/mol. The molecule has 1 aromatic carbocycles. The van der Waals surface area contributed by atoms with Crippen molar-refractivity contribution in [2.24, 2.45) is 5.92 Å². The minimum Gasteiger partial charge on any atom is -0.495 e. The molecule has 0 aliphatic carbocycles. The molecule has 1 atom stereocenters. The highest BCUT2D eigenvalue weighted by Gasteiger charge is 2.26. The third-order valence-corrected chi connectivity index (χ3v) is 6.35. The Kier molecular flexibility index (Phi) is 7.46. The first-order valence-corrected chi connectivity index (χ1v) is 10.9. The minimum atomic E-state index is -3.63. The summed E-state index contributed by atoms with van der Waals surface area (Å²) in [4.78, 5) is 13.8. The van der Waals surface area contributed by atoms with Gasteiger partial charge >= 0.3 is 0 Å². The minimum absolute atomic E-state index is 0.00332. The van der Waals surface area contributed by atoms with Gasteiger partial charge in [0.25, 0.3) is 0 Å². The predicted molar refractivity (Wildman–Crippen MR) is 103 cm³/mol. The molecule has 6 nitrogen and oxygen atoms in total. The largest absolute Gasteiger partial charge is 0.495 e. The molecule has 1 aliphatic rings. The van der Waals surface area contributed by atoms with E-state index in [1.807, 2.05) is 0 Å². The predicted octanol–water partition coefficient (Wildman–Crippen LogP) is 3.32. The number of methoxy groups -OCH3 is 1. The lowest BCUT2D eigenvalue weighted by Gasteiger charge is -2.20. The van der Waals surface area contributed by atoms with Gasteiger partial charge in [-0.15, -0.1) is 0 Å². The first-order chi connectivity index (χ1) is 12.4. The summed E-state index contributed by atoms with van der Waals surface area (Å²) in [5.74, 6) is 0.840. The molecule has 1 aromatic rings. The molecule has 0 spiro atoms. The van der Waals surface area contributed by atoms with E-state index in [0.29, 0.717) is 36.9 Å². The molecule has 1 fully saturated rings. The van der Waals surface area contributed by atoms with Crippen LogP contribution in [0.1, 0.15) is 52.4 Å². The van der Waals surface area contributed by atoms with Gasteiger partial charge in [0.1, 0.15) is 5.75 Å². The van der Waals surface area contributed by atoms with Gasteiger partial charge in [-0.1, -0.05) is 33.1 Å². The van der Waals surface area contributed by atoms with Crippen molar-refractivity contribution < 1.29 is 17.9 Å². The van der Waals surface area contributed by atoms with Crippen LogP contribution in [0.4, 0.5) is 5.69 Å². The van der Waals surface area contributed by atoms with Crippen molar-refractivity contribution in [1.82, 2.24) is 4.72 Å². The number of benzene rings is 1. The van der Waals surface area contributed by atoms with Crippen LogP contribution in [0.5, 0.6) is 5.75 Å². The summed E-state index contributed by atoms with van der Waals surface area (Å²) in [7, 11) is -2.11. The van der Waals surface area contributed by atoms with E-state index in [4.69, 9.17) is 4.74 Å². The van der Waals surface area contributed by atoms with E-state index in [1.54, 1.807) is 11.0 Å². The Labute approximate surface area is 157 Å². The molecule has 1 N–H and O–H groups in total. The van der Waals surface area contributed by atoms with Gasteiger partial charge < -0.3 is 9.64 Å². The monoisotopic (exact) mass is 382 g/mol. The normalized spacial score (nSPS) is 16.1. The van der Waals surface area contributed by atoms with Crippen LogP contribution in [0.3, 0.4) is 0 Å². The molecule has 1 aliphatic heterocycles. The second-order valence-electron chi connectivity index (χ2n) is 6.75. The highest BCUT2D eigenvalue weighted by Crippen LogP contribution is 2.33. The topological polar surface area (TPSA) is 75.7 Å². The fourth-order valence-corrected chi connectivity index (χ4v) is 4.34. The van der Waals surface area contributed by atoms with Gasteiger partial charge in [0.05, 0.1) is 17.7 Å². The third kappa shape index (κ3) is 4.98. The second kappa shape index (κ2) is 9.37. The Bertz CT molecular complexity index is 718. The molecule has 1 heterocycles. The number of nitrogens with zero attached hydrogens (tertiary/aromatic N) is 1. The summed E-state index contributed by atoms with van der Waals surface area (Å²) in [6, 6.07) is 4.68. The van der Waals surface area contributed by atoms with Crippen LogP contribution in [0.15, 0.2) is 23.1 Å². The zero-order chi connectivity index (χ0) is 19.2. The van der Waals surface area contributed by atoms with E-state index in [-0.39, 0.29) is 10.8 Å². The van der Waals surface area contributed by atoms with Crippen LogP contribution in [-0.2, 0) is 14.8 Å². The standard InChI is InChI=1S/C19H30N2O4S/c1-4-6-8-15(5-2)14-20-26(23,24)16-10-11-18(25-3)17(13-16)21-12-7-9-19(21)22/h10-11,13,15,20H,4-9,12,14H2,1-3H3/t15-/m1/s1. The van der Waals surface area contributed by atoms with Gasteiger partial charge in [-0.25, -0.2) is 13.1 Å². The molecule has 1 saturated heterocycles. The zero-order valence-electron chi connectivity index (χ0n) is 16.0. The Morgan fingerprint density at radius 2 is 2.08 bits per heavy atom. The van der Waals surface area contributed by atoms with E-state index >= 15 is 0 Å². The lowest BCUT2D eigenvalue weighted by atomic mass is 10.00. The lowest BCUT2D eigenvalue weighted by molar-refractivity contribution is -0.117. The zero-order valence-corrected chi connectivity index (χ0v) is 16.8. The second-order valence-corrected chi connectivity index (χ2v) is 8.52. The van der Waals surface area contributed by atoms with Gasteiger partial charge in [0, 0.05) is 19.5 Å². The molecule has 1 amide bonds. The quantitative estimate of drug-likeness (QED) is 0.673. The average Bonchev–Trinajstić information content (AvgIpc) is 3.07. The molecule has 146 valence electrons. The molecule has 0 saturated carbocycles. The summed E-state index contributed by atoms with van der Waals surface area (Å²) < 4.78 is 33.5. The van der Waals surface area contributed by atoms with Crippen molar-refractivity contribution in [3.05, 3.63) is 18.2 Å². The Morgan fingerprint density at radius 1 is 1.31 bits per heavy atom. The van der Waals surface area contributed by atoms with Crippen molar-refractivity contribution in [3.63, 3.8) is 0 Å². The number of carbonyl (C=O) groups excluding carboxylic acids is 1. The summed E-state index contributed by atoms with van der Waals surface area (Å²) in [5.41, 5.74) is 0.524. The van der Waals surface area contributed by atoms with Crippen LogP contribution in [0, 0.1) is 5.92 Å². The van der Waals surface area contributed by atoms with E-state index < -0.39 is 10.0 Å². The van der Waals surface area contributed by atoms with Gasteiger partial charge in [-0.2, -0.15) is 0 Å². The molecule has 0 unspecified atom stereocenters. The molecular formula is C19H30N2O4S. The average molecular weight is 383 g/mol. The van der Waals surface area contributed by atoms with E-state index in [0.717, 1.165) is 32.1 Å². The van der Waals surface area contributed by atoms with Gasteiger partial charge in [-0.05, 0) is 37.0 Å². The number of sulfonamides is 1. The van der Waals surface area contributed by atoms with E-state index in [9.17, 15) is 13.2 Å². The number of amides is 1. The molecule has 7 heteroatoms. The maximum Gasteiger partial charge on any atom is 0.240 e. The number of nitrogens with one attached hydrogen (secondary N) is 1. The van der Waals surface area contributed by atoms with Crippen molar-refractivity contribution in [3.8, 4) is 5.75 Å². The third-order valence-electron chi connectivity index (χ3n) is 4.93. The van der Waals surface area contributed by atoms with E-state index in [2.05, 4.69) is 18.6 Å². The summed E-state index contributed by atoms with van der Waals surface area (Å²) >= 11 is 0. The van der Waals surface area contributed by atoms with Crippen LogP contribution in [0.25, 0.3) is 0 Å². The first kappa shape index (κ1) is 20.7. The van der Waals surface area contributed by atoms with Gasteiger partial charge in [-0.3, -0.25) is 4.79 Å². The first-order valence-electron chi connectivity index (χ1n) is 9.41. The van der Waals surface area contributed by atoms with Crippen molar-refractivity contribution in [1.29, 1.82) is 0 Å². The molecule has 0 radical (unpaired) electrons. The summed E-state index contributed by atoms with van der Waals surface area (Å²) in [6.07, 6.45) is 5.42. The van der Waals surface area contributed by atoms with Gasteiger partial charge in [0.15, 0.2) is 0 Å². The highest BCUT2D eigenvalue weighted by molar-refractivity contribution is 7.89. The Balaban J connectivity index is 2.19. The van der Waals surface area contributed by atoms with Crippen molar-refractivity contribution >= 4 is 21.6 Å². The molecule has 2 rings (SSSR count). The number of anilines is 1. The number of rotatable bonds is 10. The number of unbranched alkanes of at least 4 members (excludes halogenated alkanes) is 1. The SMILES string of the molecule is CCCC[C@@H](CC)CNS(=O)(=O)c1ccc(OC)c(N2CCCC2=O)c1. The summed E-state index contributed by atoms with van der Waals surface area (Å²) in [6.45, 7) is 5.23. The smallest absolute Gasteiger partial charge is 0.240 e. The van der Waals surface area contributed by atoms with Crippen LogP contribution < -0.4 is 14.4 Å². The Morgan fingerprint density at radius 3 is 2.65 bits per heavy atom. The van der Waals surface area contributed by atoms with Crippen LogP contribution in [-0.4, -0.2) is 34.5 Å². The molecule has 0 aromatic heterocycles. The maximum atomic E-state index is 12.7. The van der Waals surface area contributed by atoms with Crippen molar-refractivity contribution in [2.75, 3.05) is 25.1 Å². The maximum absolute atomic E-state index is 12.7. The van der Waals surface area contributed by atoms with Crippen LogP contribution in [0.2, 0.25) is 0 Å².